The molecule has 1 aliphatic heterocycles. The highest BCUT2D eigenvalue weighted by Gasteiger charge is 2.26. The van der Waals surface area contributed by atoms with Gasteiger partial charge in [-0.1, -0.05) is 139 Å². The Bertz CT molecular complexity index is 2610. The van der Waals surface area contributed by atoms with Crippen LogP contribution < -0.4 is 4.90 Å². The molecule has 0 fully saturated rings. The Labute approximate surface area is 301 Å². The van der Waals surface area contributed by atoms with Crippen molar-refractivity contribution in [3.8, 4) is 39.1 Å². The molecular formula is C48H32N2S. The van der Waals surface area contributed by atoms with Crippen molar-refractivity contribution >= 4 is 50.6 Å². The van der Waals surface area contributed by atoms with Gasteiger partial charge in [0.25, 0.3) is 0 Å². The molecule has 240 valence electrons. The summed E-state index contributed by atoms with van der Waals surface area (Å²) in [6, 6.07) is 70.4. The minimum Gasteiger partial charge on any atom is -0.309 e. The topological polar surface area (TPSA) is 8.17 Å². The Morgan fingerprint density at radius 1 is 0.314 bits per heavy atom. The Morgan fingerprint density at radius 3 is 1.41 bits per heavy atom. The first-order chi connectivity index (χ1) is 25.3. The number of para-hydroxylation sites is 2. The second-order valence-corrected chi connectivity index (χ2v) is 14.1. The van der Waals surface area contributed by atoms with Crippen molar-refractivity contribution in [3.63, 3.8) is 0 Å². The van der Waals surface area contributed by atoms with Gasteiger partial charge in [-0.05, 0) is 100 Å². The van der Waals surface area contributed by atoms with Crippen molar-refractivity contribution < 1.29 is 0 Å². The van der Waals surface area contributed by atoms with E-state index < -0.39 is 0 Å². The summed E-state index contributed by atoms with van der Waals surface area (Å²) in [7, 11) is 0. The fraction of sp³-hybridized carbons (Fsp3) is 0. The second kappa shape index (κ2) is 12.2. The standard InChI is InChI=1S/C48H32N2S/c1-4-12-33(13-5-1)37-23-28-45-47(31-37)51-48-32-38(34-14-6-2-7-15-34)24-29-46(48)50(45)40-25-20-35(21-26-40)36-22-27-44-42(30-36)41-18-10-11-19-43(41)49(44)39-16-8-3-9-17-39/h1-32H. The predicted molar refractivity (Wildman–Crippen MR) is 216 cm³/mol. The van der Waals surface area contributed by atoms with Gasteiger partial charge in [-0.25, -0.2) is 0 Å². The van der Waals surface area contributed by atoms with Gasteiger partial charge in [0.1, 0.15) is 0 Å². The largest absolute Gasteiger partial charge is 0.309 e. The van der Waals surface area contributed by atoms with Gasteiger partial charge in [0.05, 0.1) is 22.4 Å². The summed E-state index contributed by atoms with van der Waals surface area (Å²) in [5, 5.41) is 2.52. The zero-order valence-corrected chi connectivity index (χ0v) is 28.6. The van der Waals surface area contributed by atoms with Crippen LogP contribution in [0.2, 0.25) is 0 Å². The van der Waals surface area contributed by atoms with E-state index in [0.717, 1.165) is 5.69 Å². The van der Waals surface area contributed by atoms with Crippen molar-refractivity contribution in [2.75, 3.05) is 4.90 Å². The Hall–Kier alpha value is -6.29. The highest BCUT2D eigenvalue weighted by atomic mass is 32.2. The summed E-state index contributed by atoms with van der Waals surface area (Å²) in [4.78, 5) is 4.92. The summed E-state index contributed by atoms with van der Waals surface area (Å²) in [6.45, 7) is 0. The fourth-order valence-electron chi connectivity index (χ4n) is 7.52. The maximum Gasteiger partial charge on any atom is 0.0602 e. The van der Waals surface area contributed by atoms with Gasteiger partial charge in [0, 0.05) is 31.9 Å². The molecule has 0 N–H and O–H groups in total. The van der Waals surface area contributed by atoms with Crippen molar-refractivity contribution in [2.45, 2.75) is 9.79 Å². The van der Waals surface area contributed by atoms with E-state index >= 15 is 0 Å². The molecule has 0 saturated heterocycles. The lowest BCUT2D eigenvalue weighted by atomic mass is 10.0. The van der Waals surface area contributed by atoms with Crippen LogP contribution in [-0.4, -0.2) is 4.57 Å². The minimum atomic E-state index is 1.14. The first kappa shape index (κ1) is 29.6. The highest BCUT2D eigenvalue weighted by Crippen LogP contribution is 2.53. The van der Waals surface area contributed by atoms with E-state index in [2.05, 4.69) is 204 Å². The zero-order chi connectivity index (χ0) is 33.7. The maximum absolute atomic E-state index is 2.42. The van der Waals surface area contributed by atoms with Crippen LogP contribution in [0, 0.1) is 0 Å². The van der Waals surface area contributed by atoms with Gasteiger partial charge in [0.15, 0.2) is 0 Å². The van der Waals surface area contributed by atoms with Crippen LogP contribution in [0.4, 0.5) is 17.1 Å². The maximum atomic E-state index is 2.42. The molecule has 0 saturated carbocycles. The van der Waals surface area contributed by atoms with Crippen LogP contribution in [0.25, 0.3) is 60.9 Å². The number of hydrogen-bond acceptors (Lipinski definition) is 2. The molecular weight excluding hydrogens is 637 g/mol. The third-order valence-corrected chi connectivity index (χ3v) is 11.1. The number of anilines is 3. The monoisotopic (exact) mass is 668 g/mol. The number of fused-ring (bicyclic) bond motifs is 5. The number of rotatable bonds is 5. The van der Waals surface area contributed by atoms with E-state index in [1.807, 2.05) is 11.8 Å². The van der Waals surface area contributed by atoms with Crippen LogP contribution in [0.3, 0.4) is 0 Å². The van der Waals surface area contributed by atoms with Gasteiger partial charge >= 0.3 is 0 Å². The van der Waals surface area contributed by atoms with Gasteiger partial charge in [-0.15, -0.1) is 0 Å². The lowest BCUT2D eigenvalue weighted by Gasteiger charge is -2.33. The van der Waals surface area contributed by atoms with Gasteiger partial charge < -0.3 is 9.47 Å². The van der Waals surface area contributed by atoms with E-state index in [0.29, 0.717) is 0 Å². The molecule has 1 aliphatic rings. The Morgan fingerprint density at radius 2 is 0.784 bits per heavy atom. The molecule has 8 aromatic carbocycles. The molecule has 9 aromatic rings. The van der Waals surface area contributed by atoms with E-state index in [1.54, 1.807) is 0 Å². The van der Waals surface area contributed by atoms with Crippen molar-refractivity contribution in [2.24, 2.45) is 0 Å². The number of hydrogen-bond donors (Lipinski definition) is 0. The van der Waals surface area contributed by atoms with E-state index in [9.17, 15) is 0 Å². The van der Waals surface area contributed by atoms with Crippen molar-refractivity contribution in [3.05, 3.63) is 194 Å². The third-order valence-electron chi connectivity index (χ3n) is 9.98. The molecule has 0 atom stereocenters. The molecule has 0 spiro atoms. The van der Waals surface area contributed by atoms with Crippen LogP contribution in [0.5, 0.6) is 0 Å². The summed E-state index contributed by atoms with van der Waals surface area (Å²) in [6.07, 6.45) is 0. The Kier molecular flexibility index (Phi) is 7.11. The second-order valence-electron chi connectivity index (χ2n) is 13.0. The van der Waals surface area contributed by atoms with E-state index in [1.165, 1.54) is 82.0 Å². The van der Waals surface area contributed by atoms with Gasteiger partial charge in [-0.2, -0.15) is 0 Å². The third kappa shape index (κ3) is 5.13. The predicted octanol–water partition coefficient (Wildman–Crippen LogP) is 13.7. The first-order valence-electron chi connectivity index (χ1n) is 17.3. The van der Waals surface area contributed by atoms with Gasteiger partial charge in [-0.3, -0.25) is 0 Å². The van der Waals surface area contributed by atoms with Crippen LogP contribution in [-0.2, 0) is 0 Å². The molecule has 1 aromatic heterocycles. The number of aromatic nitrogens is 1. The van der Waals surface area contributed by atoms with Crippen LogP contribution in [0.15, 0.2) is 204 Å². The average molecular weight is 669 g/mol. The SMILES string of the molecule is c1ccc(-c2ccc3c(c2)Sc2cc(-c4ccccc4)ccc2N3c2ccc(-c3ccc4c(c3)c3ccccc3n4-c3ccccc3)cc2)cc1. The first-order valence-corrected chi connectivity index (χ1v) is 18.2. The molecule has 0 amide bonds. The number of nitrogens with zero attached hydrogens (tertiary/aromatic N) is 2. The smallest absolute Gasteiger partial charge is 0.0602 e. The van der Waals surface area contributed by atoms with Crippen LogP contribution in [0.1, 0.15) is 0 Å². The zero-order valence-electron chi connectivity index (χ0n) is 27.8. The molecule has 10 rings (SSSR count). The summed E-state index contributed by atoms with van der Waals surface area (Å²) in [5.74, 6) is 0. The molecule has 0 bridgehead atoms. The normalized spacial score (nSPS) is 12.2. The summed E-state index contributed by atoms with van der Waals surface area (Å²) in [5.41, 5.74) is 14.5. The fourth-order valence-corrected chi connectivity index (χ4v) is 8.66. The van der Waals surface area contributed by atoms with Crippen molar-refractivity contribution in [1.29, 1.82) is 0 Å². The molecule has 2 nitrogen and oxygen atoms in total. The molecule has 0 unspecified atom stereocenters. The molecule has 3 heteroatoms. The van der Waals surface area contributed by atoms with E-state index in [-0.39, 0.29) is 0 Å². The molecule has 0 radical (unpaired) electrons. The van der Waals surface area contributed by atoms with Crippen LogP contribution >= 0.6 is 11.8 Å². The average Bonchev–Trinajstić information content (AvgIpc) is 3.54. The highest BCUT2D eigenvalue weighted by molar-refractivity contribution is 7.99. The van der Waals surface area contributed by atoms with Crippen molar-refractivity contribution in [1.82, 2.24) is 4.57 Å². The summed E-state index contributed by atoms with van der Waals surface area (Å²) < 4.78 is 2.37. The molecule has 51 heavy (non-hydrogen) atoms. The van der Waals surface area contributed by atoms with Gasteiger partial charge in [0.2, 0.25) is 0 Å². The lowest BCUT2D eigenvalue weighted by molar-refractivity contribution is 1.17. The lowest BCUT2D eigenvalue weighted by Crippen LogP contribution is -2.15. The molecule has 0 aliphatic carbocycles. The molecule has 2 heterocycles. The van der Waals surface area contributed by atoms with E-state index in [4.69, 9.17) is 0 Å². The quantitative estimate of drug-likeness (QED) is 0.180. The summed E-state index contributed by atoms with van der Waals surface area (Å²) >= 11 is 1.86. The number of benzene rings is 8. The minimum absolute atomic E-state index is 1.14. The Balaban J connectivity index is 1.07.